The molecule has 0 aliphatic rings. The number of halogens is 2. The molecule has 0 fully saturated rings. The minimum Gasteiger partial charge on any atom is -0.384 e. The molecule has 0 heterocycles. The summed E-state index contributed by atoms with van der Waals surface area (Å²) in [5, 5.41) is 2.77. The average molecular weight is 304 g/mol. The normalized spacial score (nSPS) is 12.2. The van der Waals surface area contributed by atoms with Gasteiger partial charge in [0, 0.05) is 19.2 Å². The topological polar surface area (TPSA) is 38.3 Å². The van der Waals surface area contributed by atoms with Crippen LogP contribution in [0.25, 0.3) is 0 Å². The third kappa shape index (κ3) is 4.44. The summed E-state index contributed by atoms with van der Waals surface area (Å²) >= 11 is 3.04. The lowest BCUT2D eigenvalue weighted by Gasteiger charge is -2.11. The maximum atomic E-state index is 13.0. The molecule has 3 nitrogen and oxygen atoms in total. The second kappa shape index (κ2) is 6.71. The van der Waals surface area contributed by atoms with E-state index in [9.17, 15) is 9.18 Å². The van der Waals surface area contributed by atoms with Crippen LogP contribution in [0.15, 0.2) is 22.7 Å². The Bertz CT molecular complexity index is 398. The average Bonchev–Trinajstić information content (AvgIpc) is 2.30. The molecule has 0 bridgehead atoms. The summed E-state index contributed by atoms with van der Waals surface area (Å²) in [5.74, 6) is -0.351. The molecule has 1 rings (SSSR count). The van der Waals surface area contributed by atoms with Crippen molar-refractivity contribution in [2.24, 2.45) is 5.92 Å². The van der Waals surface area contributed by atoms with E-state index in [-0.39, 0.29) is 22.1 Å². The van der Waals surface area contributed by atoms with Crippen molar-refractivity contribution in [2.75, 3.05) is 20.3 Å². The molecule has 0 saturated carbocycles. The molecule has 1 atom stereocenters. The van der Waals surface area contributed by atoms with Gasteiger partial charge >= 0.3 is 0 Å². The number of carbonyl (C=O) groups is 1. The smallest absolute Gasteiger partial charge is 0.251 e. The van der Waals surface area contributed by atoms with Crippen LogP contribution < -0.4 is 5.32 Å². The zero-order valence-electron chi connectivity index (χ0n) is 9.80. The molecule has 0 saturated heterocycles. The summed E-state index contributed by atoms with van der Waals surface area (Å²) in [6.07, 6.45) is 0. The Hall–Kier alpha value is -0.940. The molecule has 1 amide bonds. The van der Waals surface area contributed by atoms with Gasteiger partial charge in [0.2, 0.25) is 0 Å². The monoisotopic (exact) mass is 303 g/mol. The summed E-state index contributed by atoms with van der Waals surface area (Å²) in [5.41, 5.74) is 0.433. The van der Waals surface area contributed by atoms with Crippen LogP contribution in [0, 0.1) is 11.7 Å². The van der Waals surface area contributed by atoms with Crippen molar-refractivity contribution in [3.8, 4) is 0 Å². The summed E-state index contributed by atoms with van der Waals surface area (Å²) in [7, 11) is 1.62. The Morgan fingerprint density at radius 2 is 2.29 bits per heavy atom. The van der Waals surface area contributed by atoms with Crippen LogP contribution in [-0.4, -0.2) is 26.2 Å². The van der Waals surface area contributed by atoms with Gasteiger partial charge in [-0.2, -0.15) is 0 Å². The SMILES string of the molecule is COCC(C)CNC(=O)c1ccc(F)c(Br)c1. The van der Waals surface area contributed by atoms with Gasteiger partial charge in [0.05, 0.1) is 11.1 Å². The van der Waals surface area contributed by atoms with Crippen LogP contribution >= 0.6 is 15.9 Å². The molecule has 94 valence electrons. The number of hydrogen-bond acceptors (Lipinski definition) is 2. The summed E-state index contributed by atoms with van der Waals surface area (Å²) in [4.78, 5) is 11.7. The van der Waals surface area contributed by atoms with E-state index in [1.165, 1.54) is 18.2 Å². The Balaban J connectivity index is 2.55. The van der Waals surface area contributed by atoms with Crippen molar-refractivity contribution in [1.82, 2.24) is 5.32 Å². The second-order valence-corrected chi connectivity index (χ2v) is 4.75. The van der Waals surface area contributed by atoms with Crippen molar-refractivity contribution in [2.45, 2.75) is 6.92 Å². The van der Waals surface area contributed by atoms with Gasteiger partial charge in [0.1, 0.15) is 5.82 Å². The minimum atomic E-state index is -0.380. The highest BCUT2D eigenvalue weighted by Crippen LogP contribution is 2.16. The van der Waals surface area contributed by atoms with E-state index < -0.39 is 0 Å². The number of benzene rings is 1. The summed E-state index contributed by atoms with van der Waals surface area (Å²) in [6, 6.07) is 4.18. The van der Waals surface area contributed by atoms with Crippen LogP contribution in [0.1, 0.15) is 17.3 Å². The lowest BCUT2D eigenvalue weighted by Crippen LogP contribution is -2.29. The Labute approximate surface area is 108 Å². The molecule has 1 aromatic carbocycles. The molecule has 0 radical (unpaired) electrons. The van der Waals surface area contributed by atoms with E-state index in [1.807, 2.05) is 6.92 Å². The van der Waals surface area contributed by atoms with E-state index >= 15 is 0 Å². The zero-order valence-corrected chi connectivity index (χ0v) is 11.4. The molecule has 0 aromatic heterocycles. The number of rotatable bonds is 5. The van der Waals surface area contributed by atoms with Gasteiger partial charge < -0.3 is 10.1 Å². The Kier molecular flexibility index (Phi) is 5.58. The lowest BCUT2D eigenvalue weighted by atomic mass is 10.1. The van der Waals surface area contributed by atoms with E-state index in [0.29, 0.717) is 18.7 Å². The van der Waals surface area contributed by atoms with Crippen LogP contribution in [0.5, 0.6) is 0 Å². The van der Waals surface area contributed by atoms with Gasteiger partial charge in [0.25, 0.3) is 5.91 Å². The van der Waals surface area contributed by atoms with Crippen molar-refractivity contribution < 1.29 is 13.9 Å². The predicted octanol–water partition coefficient (Wildman–Crippen LogP) is 2.60. The Morgan fingerprint density at radius 3 is 2.88 bits per heavy atom. The summed E-state index contributed by atoms with van der Waals surface area (Å²) in [6.45, 7) is 3.10. The first-order valence-electron chi connectivity index (χ1n) is 5.26. The maximum Gasteiger partial charge on any atom is 0.251 e. The molecule has 0 aliphatic heterocycles. The van der Waals surface area contributed by atoms with Gasteiger partial charge in [-0.05, 0) is 40.0 Å². The predicted molar refractivity (Wildman–Crippen MR) is 67.5 cm³/mol. The molecule has 0 aliphatic carbocycles. The van der Waals surface area contributed by atoms with E-state index in [4.69, 9.17) is 4.74 Å². The number of methoxy groups -OCH3 is 1. The molecule has 1 N–H and O–H groups in total. The fourth-order valence-electron chi connectivity index (χ4n) is 1.35. The summed E-state index contributed by atoms with van der Waals surface area (Å²) < 4.78 is 18.2. The van der Waals surface area contributed by atoms with Crippen molar-refractivity contribution in [3.63, 3.8) is 0 Å². The molecule has 5 heteroatoms. The fourth-order valence-corrected chi connectivity index (χ4v) is 1.73. The first kappa shape index (κ1) is 14.1. The first-order chi connectivity index (χ1) is 8.04. The zero-order chi connectivity index (χ0) is 12.8. The number of carbonyl (C=O) groups excluding carboxylic acids is 1. The molecular formula is C12H15BrFNO2. The maximum absolute atomic E-state index is 13.0. The molecule has 0 spiro atoms. The third-order valence-corrected chi connectivity index (χ3v) is 2.85. The van der Waals surface area contributed by atoms with Gasteiger partial charge in [-0.15, -0.1) is 0 Å². The van der Waals surface area contributed by atoms with Gasteiger partial charge in [-0.1, -0.05) is 6.92 Å². The molecular weight excluding hydrogens is 289 g/mol. The quantitative estimate of drug-likeness (QED) is 0.908. The first-order valence-corrected chi connectivity index (χ1v) is 6.06. The van der Waals surface area contributed by atoms with Crippen LogP contribution in [0.2, 0.25) is 0 Å². The number of nitrogens with one attached hydrogen (secondary N) is 1. The van der Waals surface area contributed by atoms with E-state index in [2.05, 4.69) is 21.2 Å². The van der Waals surface area contributed by atoms with Crippen LogP contribution in [0.4, 0.5) is 4.39 Å². The van der Waals surface area contributed by atoms with E-state index in [1.54, 1.807) is 7.11 Å². The van der Waals surface area contributed by atoms with Crippen molar-refractivity contribution in [3.05, 3.63) is 34.1 Å². The highest BCUT2D eigenvalue weighted by Gasteiger charge is 2.09. The number of hydrogen-bond donors (Lipinski definition) is 1. The highest BCUT2D eigenvalue weighted by molar-refractivity contribution is 9.10. The third-order valence-electron chi connectivity index (χ3n) is 2.24. The highest BCUT2D eigenvalue weighted by atomic mass is 79.9. The van der Waals surface area contributed by atoms with Gasteiger partial charge in [-0.25, -0.2) is 4.39 Å². The van der Waals surface area contributed by atoms with Gasteiger partial charge in [0.15, 0.2) is 0 Å². The Morgan fingerprint density at radius 1 is 1.59 bits per heavy atom. The second-order valence-electron chi connectivity index (χ2n) is 3.90. The molecule has 17 heavy (non-hydrogen) atoms. The van der Waals surface area contributed by atoms with Crippen molar-refractivity contribution >= 4 is 21.8 Å². The minimum absolute atomic E-state index is 0.214. The van der Waals surface area contributed by atoms with Crippen molar-refractivity contribution in [1.29, 1.82) is 0 Å². The van der Waals surface area contributed by atoms with Gasteiger partial charge in [-0.3, -0.25) is 4.79 Å². The lowest BCUT2D eigenvalue weighted by molar-refractivity contribution is 0.0934. The largest absolute Gasteiger partial charge is 0.384 e. The number of amides is 1. The fraction of sp³-hybridized carbons (Fsp3) is 0.417. The molecule has 1 aromatic rings. The molecule has 1 unspecified atom stereocenters. The van der Waals surface area contributed by atoms with Crippen LogP contribution in [0.3, 0.4) is 0 Å². The van der Waals surface area contributed by atoms with Crippen LogP contribution in [-0.2, 0) is 4.74 Å². The number of ether oxygens (including phenoxy) is 1. The van der Waals surface area contributed by atoms with E-state index in [0.717, 1.165) is 0 Å². The standard InChI is InChI=1S/C12H15BrFNO2/c1-8(7-17-2)6-15-12(16)9-3-4-11(14)10(13)5-9/h3-5,8H,6-7H2,1-2H3,(H,15,16).